The van der Waals surface area contributed by atoms with Gasteiger partial charge in [0.25, 0.3) is 5.91 Å². The SMILES string of the molecule is COC(=O)C(Cc1ccc(Cl)cc1)NC(=O)c1cc(-c2cccc(C(F)(F)F)c2)nc(N2CCN(c3ccccc3)CC2)n1. The second-order valence-electron chi connectivity index (χ2n) is 10.2. The first-order valence-electron chi connectivity index (χ1n) is 13.9. The molecule has 5 rings (SSSR count). The maximum absolute atomic E-state index is 13.6. The molecule has 12 heteroatoms. The van der Waals surface area contributed by atoms with Crippen LogP contribution in [-0.2, 0) is 22.1 Å². The van der Waals surface area contributed by atoms with Crippen LogP contribution in [0.5, 0.6) is 0 Å². The number of ether oxygens (including phenoxy) is 1. The highest BCUT2D eigenvalue weighted by Gasteiger charge is 2.31. The lowest BCUT2D eigenvalue weighted by atomic mass is 10.1. The summed E-state index contributed by atoms with van der Waals surface area (Å²) in [5.41, 5.74) is 1.18. The number of para-hydroxylation sites is 1. The van der Waals surface area contributed by atoms with Gasteiger partial charge in [-0.1, -0.05) is 54.1 Å². The number of benzene rings is 3. The Labute approximate surface area is 257 Å². The minimum absolute atomic E-state index is 0.0992. The van der Waals surface area contributed by atoms with E-state index in [0.29, 0.717) is 31.2 Å². The Morgan fingerprint density at radius 1 is 0.909 bits per heavy atom. The average Bonchev–Trinajstić information content (AvgIpc) is 3.05. The molecule has 1 aromatic heterocycles. The maximum Gasteiger partial charge on any atom is 0.416 e. The second kappa shape index (κ2) is 13.3. The van der Waals surface area contributed by atoms with Crippen LogP contribution in [0.1, 0.15) is 21.6 Å². The molecule has 44 heavy (non-hydrogen) atoms. The molecule has 0 bridgehead atoms. The molecule has 0 aliphatic carbocycles. The van der Waals surface area contributed by atoms with Crippen molar-refractivity contribution in [3.63, 3.8) is 0 Å². The summed E-state index contributed by atoms with van der Waals surface area (Å²) in [6.45, 7) is 2.33. The first kappa shape index (κ1) is 30.8. The Hall–Kier alpha value is -4.64. The summed E-state index contributed by atoms with van der Waals surface area (Å²) < 4.78 is 45.5. The number of carbonyl (C=O) groups excluding carboxylic acids is 2. The molecular weight excluding hydrogens is 595 g/mol. The van der Waals surface area contributed by atoms with Crippen molar-refractivity contribution in [3.8, 4) is 11.3 Å². The number of alkyl halides is 3. The van der Waals surface area contributed by atoms with Gasteiger partial charge in [0.2, 0.25) is 5.95 Å². The minimum atomic E-state index is -4.56. The number of amides is 1. The van der Waals surface area contributed by atoms with Gasteiger partial charge >= 0.3 is 12.1 Å². The number of halogens is 4. The number of esters is 1. The molecule has 0 radical (unpaired) electrons. The van der Waals surface area contributed by atoms with Crippen molar-refractivity contribution in [2.24, 2.45) is 0 Å². The van der Waals surface area contributed by atoms with Gasteiger partial charge in [-0.2, -0.15) is 13.2 Å². The van der Waals surface area contributed by atoms with Gasteiger partial charge in [0.1, 0.15) is 11.7 Å². The normalized spacial score (nSPS) is 14.2. The smallest absolute Gasteiger partial charge is 0.416 e. The molecule has 8 nitrogen and oxygen atoms in total. The van der Waals surface area contributed by atoms with E-state index in [9.17, 15) is 22.8 Å². The second-order valence-corrected chi connectivity index (χ2v) is 10.6. The molecule has 2 heterocycles. The number of hydrogen-bond acceptors (Lipinski definition) is 7. The third-order valence-corrected chi connectivity index (χ3v) is 7.51. The Kier molecular flexibility index (Phi) is 9.34. The van der Waals surface area contributed by atoms with E-state index in [1.165, 1.54) is 25.3 Å². The molecule has 1 saturated heterocycles. The zero-order valence-corrected chi connectivity index (χ0v) is 24.5. The Balaban J connectivity index is 1.45. The average molecular weight is 624 g/mol. The number of nitrogens with one attached hydrogen (secondary N) is 1. The van der Waals surface area contributed by atoms with Crippen molar-refractivity contribution in [1.29, 1.82) is 0 Å². The number of piperazine rings is 1. The Morgan fingerprint density at radius 3 is 2.25 bits per heavy atom. The summed E-state index contributed by atoms with van der Waals surface area (Å²) in [7, 11) is 1.22. The summed E-state index contributed by atoms with van der Waals surface area (Å²) >= 11 is 5.98. The number of methoxy groups -OCH3 is 1. The molecule has 1 aliphatic rings. The number of anilines is 2. The lowest BCUT2D eigenvalue weighted by molar-refractivity contribution is -0.143. The predicted molar refractivity (Wildman–Crippen MR) is 162 cm³/mol. The summed E-state index contributed by atoms with van der Waals surface area (Å²) in [5.74, 6) is -1.17. The van der Waals surface area contributed by atoms with Gasteiger partial charge in [0.05, 0.1) is 18.4 Å². The van der Waals surface area contributed by atoms with Crippen LogP contribution in [-0.4, -0.2) is 61.2 Å². The summed E-state index contributed by atoms with van der Waals surface area (Å²) in [6.07, 6.45) is -4.44. The summed E-state index contributed by atoms with van der Waals surface area (Å²) in [4.78, 5) is 39.4. The van der Waals surface area contributed by atoms with E-state index in [1.54, 1.807) is 24.3 Å². The number of rotatable bonds is 8. The highest BCUT2D eigenvalue weighted by molar-refractivity contribution is 6.30. The first-order valence-corrected chi connectivity index (χ1v) is 14.2. The largest absolute Gasteiger partial charge is 0.467 e. The van der Waals surface area contributed by atoms with Crippen LogP contribution in [0.15, 0.2) is 84.9 Å². The molecule has 3 aromatic carbocycles. The molecule has 1 unspecified atom stereocenters. The first-order chi connectivity index (χ1) is 21.1. The van der Waals surface area contributed by atoms with Crippen molar-refractivity contribution in [2.75, 3.05) is 43.1 Å². The van der Waals surface area contributed by atoms with Crippen molar-refractivity contribution in [3.05, 3.63) is 107 Å². The molecule has 1 amide bonds. The Morgan fingerprint density at radius 2 is 1.59 bits per heavy atom. The van der Waals surface area contributed by atoms with E-state index in [1.807, 2.05) is 35.2 Å². The molecule has 0 saturated carbocycles. The monoisotopic (exact) mass is 623 g/mol. The fraction of sp³-hybridized carbons (Fsp3) is 0.250. The zero-order chi connectivity index (χ0) is 31.3. The van der Waals surface area contributed by atoms with Gasteiger partial charge in [-0.3, -0.25) is 4.79 Å². The van der Waals surface area contributed by atoms with Crippen molar-refractivity contribution < 1.29 is 27.5 Å². The molecule has 4 aromatic rings. The van der Waals surface area contributed by atoms with Gasteiger partial charge in [0, 0.05) is 48.9 Å². The quantitative estimate of drug-likeness (QED) is 0.254. The Bertz CT molecular complexity index is 1610. The van der Waals surface area contributed by atoms with E-state index in [4.69, 9.17) is 16.3 Å². The fourth-order valence-electron chi connectivity index (χ4n) is 4.92. The van der Waals surface area contributed by atoms with Crippen LogP contribution in [0.3, 0.4) is 0 Å². The standard InChI is InChI=1S/C32H29ClF3N5O3/c1-44-30(43)28(18-21-10-12-24(33)13-11-21)37-29(42)27-20-26(22-6-5-7-23(19-22)32(34,35)36)38-31(39-27)41-16-14-40(15-17-41)25-8-3-2-4-9-25/h2-13,19-20,28H,14-18H2,1H3,(H,37,42). The van der Waals surface area contributed by atoms with E-state index < -0.39 is 29.7 Å². The van der Waals surface area contributed by atoms with E-state index in [2.05, 4.69) is 20.2 Å². The molecule has 0 spiro atoms. The zero-order valence-electron chi connectivity index (χ0n) is 23.7. The van der Waals surface area contributed by atoms with Gasteiger partial charge in [-0.25, -0.2) is 14.8 Å². The van der Waals surface area contributed by atoms with Crippen molar-refractivity contribution in [2.45, 2.75) is 18.6 Å². The third kappa shape index (κ3) is 7.46. The predicted octanol–water partition coefficient (Wildman–Crippen LogP) is 5.66. The lowest BCUT2D eigenvalue weighted by Crippen LogP contribution is -2.47. The van der Waals surface area contributed by atoms with Crippen LogP contribution < -0.4 is 15.1 Å². The lowest BCUT2D eigenvalue weighted by Gasteiger charge is -2.36. The van der Waals surface area contributed by atoms with Gasteiger partial charge in [-0.15, -0.1) is 0 Å². The van der Waals surface area contributed by atoms with E-state index >= 15 is 0 Å². The number of carbonyl (C=O) groups is 2. The fourth-order valence-corrected chi connectivity index (χ4v) is 5.05. The van der Waals surface area contributed by atoms with Crippen molar-refractivity contribution in [1.82, 2.24) is 15.3 Å². The topological polar surface area (TPSA) is 87.7 Å². The minimum Gasteiger partial charge on any atom is -0.467 e. The van der Waals surface area contributed by atoms with E-state index in [0.717, 1.165) is 23.4 Å². The van der Waals surface area contributed by atoms with Crippen LogP contribution in [0.2, 0.25) is 5.02 Å². The number of hydrogen-bond donors (Lipinski definition) is 1. The molecule has 1 aliphatic heterocycles. The van der Waals surface area contributed by atoms with Crippen LogP contribution in [0.4, 0.5) is 24.8 Å². The highest BCUT2D eigenvalue weighted by Crippen LogP contribution is 2.32. The van der Waals surface area contributed by atoms with Crippen molar-refractivity contribution >= 4 is 35.1 Å². The molecule has 1 atom stereocenters. The van der Waals surface area contributed by atoms with Crippen LogP contribution in [0, 0.1) is 0 Å². The van der Waals surface area contributed by atoms with Gasteiger partial charge in [0.15, 0.2) is 0 Å². The third-order valence-electron chi connectivity index (χ3n) is 7.26. The van der Waals surface area contributed by atoms with Gasteiger partial charge < -0.3 is 19.9 Å². The van der Waals surface area contributed by atoms with Crippen LogP contribution in [0.25, 0.3) is 11.3 Å². The van der Waals surface area contributed by atoms with E-state index in [-0.39, 0.29) is 29.3 Å². The molecule has 228 valence electrons. The highest BCUT2D eigenvalue weighted by atomic mass is 35.5. The summed E-state index contributed by atoms with van der Waals surface area (Å²) in [5, 5.41) is 3.20. The maximum atomic E-state index is 13.6. The van der Waals surface area contributed by atoms with Crippen LogP contribution >= 0.6 is 11.6 Å². The molecule has 1 fully saturated rings. The summed E-state index contributed by atoms with van der Waals surface area (Å²) in [6, 6.07) is 21.7. The molecule has 1 N–H and O–H groups in total. The molecular formula is C32H29ClF3N5O3. The number of nitrogens with zero attached hydrogens (tertiary/aromatic N) is 4. The van der Waals surface area contributed by atoms with Gasteiger partial charge in [-0.05, 0) is 48.0 Å². The number of aromatic nitrogens is 2.